The van der Waals surface area contributed by atoms with Gasteiger partial charge in [0.1, 0.15) is 12.4 Å². The van der Waals surface area contributed by atoms with Gasteiger partial charge in [-0.15, -0.1) is 0 Å². The maximum Gasteiger partial charge on any atom is 0.255 e. The topological polar surface area (TPSA) is 42.4 Å². The molecule has 1 aromatic heterocycles. The maximum absolute atomic E-state index is 14.0. The predicted octanol–water partition coefficient (Wildman–Crippen LogP) is 5.66. The molecule has 1 aliphatic carbocycles. The molecule has 2 aliphatic rings. The standard InChI is InChI=1S/C27H27FN2O2/c1-3-24-23-13-14-27(23,17-32-25-12-10-20(28)16-29-25)30(24)26(31)22-15-18(2)9-11-21(22)19-7-5-4-6-8-19/h4-12,15-16,23-24H,3,13-14,17H2,1-2H3/t23-,24?,27?/m0/s1. The van der Waals surface area contributed by atoms with Crippen molar-refractivity contribution in [3.63, 3.8) is 0 Å². The number of benzene rings is 2. The van der Waals surface area contributed by atoms with Gasteiger partial charge in [-0.3, -0.25) is 4.79 Å². The summed E-state index contributed by atoms with van der Waals surface area (Å²) in [7, 11) is 0. The van der Waals surface area contributed by atoms with Crippen molar-refractivity contribution >= 4 is 5.91 Å². The number of rotatable bonds is 6. The van der Waals surface area contributed by atoms with Crippen LogP contribution in [0.5, 0.6) is 5.88 Å². The van der Waals surface area contributed by atoms with Crippen LogP contribution in [0.1, 0.15) is 42.1 Å². The fourth-order valence-electron chi connectivity index (χ4n) is 5.47. The molecule has 2 unspecified atom stereocenters. The SMILES string of the molecule is CCC1[C@@H]2CCC2(COc2ccc(F)cn2)N1C(=O)c1cc(C)ccc1-c1ccccc1. The molecule has 0 spiro atoms. The van der Waals surface area contributed by atoms with Gasteiger partial charge in [0, 0.05) is 23.6 Å². The smallest absolute Gasteiger partial charge is 0.255 e. The van der Waals surface area contributed by atoms with Gasteiger partial charge in [0.25, 0.3) is 5.91 Å². The van der Waals surface area contributed by atoms with Gasteiger partial charge < -0.3 is 9.64 Å². The minimum absolute atomic E-state index is 0.0611. The summed E-state index contributed by atoms with van der Waals surface area (Å²) in [6.45, 7) is 4.54. The molecule has 5 rings (SSSR count). The van der Waals surface area contributed by atoms with E-state index in [1.807, 2.05) is 49.4 Å². The molecule has 2 heterocycles. The summed E-state index contributed by atoms with van der Waals surface area (Å²) in [4.78, 5) is 20.1. The van der Waals surface area contributed by atoms with E-state index in [2.05, 4.69) is 22.9 Å². The molecule has 32 heavy (non-hydrogen) atoms. The monoisotopic (exact) mass is 430 g/mol. The number of ether oxygens (including phenoxy) is 1. The molecule has 0 N–H and O–H groups in total. The van der Waals surface area contributed by atoms with Crippen LogP contribution in [0.3, 0.4) is 0 Å². The maximum atomic E-state index is 14.0. The van der Waals surface area contributed by atoms with Crippen LogP contribution < -0.4 is 4.74 Å². The number of pyridine rings is 1. The zero-order chi connectivity index (χ0) is 22.3. The van der Waals surface area contributed by atoms with Crippen LogP contribution in [0.25, 0.3) is 11.1 Å². The molecule has 4 nitrogen and oxygen atoms in total. The van der Waals surface area contributed by atoms with Crippen molar-refractivity contribution in [3.8, 4) is 17.0 Å². The van der Waals surface area contributed by atoms with Gasteiger partial charge in [0.2, 0.25) is 5.88 Å². The number of aryl methyl sites for hydroxylation is 1. The van der Waals surface area contributed by atoms with Crippen LogP contribution in [0.2, 0.25) is 0 Å². The first kappa shape index (κ1) is 20.7. The van der Waals surface area contributed by atoms with Gasteiger partial charge >= 0.3 is 0 Å². The number of aromatic nitrogens is 1. The average Bonchev–Trinajstić information content (AvgIpc) is 2.81. The van der Waals surface area contributed by atoms with E-state index in [0.29, 0.717) is 18.4 Å². The zero-order valence-corrected chi connectivity index (χ0v) is 18.4. The fraction of sp³-hybridized carbons (Fsp3) is 0.333. The van der Waals surface area contributed by atoms with E-state index in [-0.39, 0.29) is 17.5 Å². The predicted molar refractivity (Wildman–Crippen MR) is 122 cm³/mol. The molecule has 1 saturated heterocycles. The number of fused-ring (bicyclic) bond motifs is 1. The largest absolute Gasteiger partial charge is 0.475 e. The Hall–Kier alpha value is -3.21. The number of likely N-dealkylation sites (tertiary alicyclic amines) is 1. The third kappa shape index (κ3) is 3.27. The normalized spacial score (nSPS) is 23.7. The van der Waals surface area contributed by atoms with Crippen LogP contribution in [0, 0.1) is 18.7 Å². The van der Waals surface area contributed by atoms with E-state index >= 15 is 0 Å². The van der Waals surface area contributed by atoms with Crippen LogP contribution in [0.15, 0.2) is 66.9 Å². The third-order valence-electron chi connectivity index (χ3n) is 7.15. The van der Waals surface area contributed by atoms with Gasteiger partial charge in [0.05, 0.1) is 11.7 Å². The summed E-state index contributed by atoms with van der Waals surface area (Å²) in [5.74, 6) is 0.489. The molecule has 0 radical (unpaired) electrons. The lowest BCUT2D eigenvalue weighted by Gasteiger charge is -2.70. The van der Waals surface area contributed by atoms with E-state index in [4.69, 9.17) is 4.74 Å². The van der Waals surface area contributed by atoms with Gasteiger partial charge in [-0.1, -0.05) is 55.0 Å². The second-order valence-corrected chi connectivity index (χ2v) is 8.92. The molecule has 1 amide bonds. The van der Waals surface area contributed by atoms with Gasteiger partial charge in [-0.2, -0.15) is 0 Å². The number of piperidine rings is 1. The lowest BCUT2D eigenvalue weighted by atomic mass is 9.54. The fourth-order valence-corrected chi connectivity index (χ4v) is 5.47. The molecule has 2 fully saturated rings. The molecule has 5 heteroatoms. The average molecular weight is 431 g/mol. The van der Waals surface area contributed by atoms with Crippen molar-refractivity contribution in [2.75, 3.05) is 6.61 Å². The van der Waals surface area contributed by atoms with Crippen molar-refractivity contribution < 1.29 is 13.9 Å². The summed E-state index contributed by atoms with van der Waals surface area (Å²) < 4.78 is 19.2. The summed E-state index contributed by atoms with van der Waals surface area (Å²) in [5.41, 5.74) is 3.48. The Kier molecular flexibility index (Phi) is 5.20. The highest BCUT2D eigenvalue weighted by molar-refractivity contribution is 6.02. The number of halogens is 1. The molecule has 0 bridgehead atoms. The Labute approximate surface area is 188 Å². The number of hydrogen-bond acceptors (Lipinski definition) is 3. The number of hydrogen-bond donors (Lipinski definition) is 0. The molecule has 2 aromatic carbocycles. The van der Waals surface area contributed by atoms with Gasteiger partial charge in [0.15, 0.2) is 0 Å². The van der Waals surface area contributed by atoms with Crippen molar-refractivity contribution in [1.29, 1.82) is 0 Å². The Morgan fingerprint density at radius 2 is 2.00 bits per heavy atom. The van der Waals surface area contributed by atoms with Crippen molar-refractivity contribution in [3.05, 3.63) is 83.8 Å². The minimum Gasteiger partial charge on any atom is -0.475 e. The Bertz CT molecular complexity index is 1130. The Morgan fingerprint density at radius 1 is 1.19 bits per heavy atom. The molecule has 1 saturated carbocycles. The number of amides is 1. The summed E-state index contributed by atoms with van der Waals surface area (Å²) in [6, 6.07) is 19.2. The molecule has 3 aromatic rings. The Balaban J connectivity index is 1.47. The first-order valence-electron chi connectivity index (χ1n) is 11.3. The summed E-state index contributed by atoms with van der Waals surface area (Å²) >= 11 is 0. The van der Waals surface area contributed by atoms with E-state index in [1.54, 1.807) is 0 Å². The number of nitrogens with zero attached hydrogens (tertiary/aromatic N) is 2. The first-order valence-corrected chi connectivity index (χ1v) is 11.3. The molecule has 1 aliphatic heterocycles. The highest BCUT2D eigenvalue weighted by Crippen LogP contribution is 2.58. The van der Waals surface area contributed by atoms with Gasteiger partial charge in [-0.05, 0) is 49.4 Å². The van der Waals surface area contributed by atoms with E-state index in [0.717, 1.165) is 47.7 Å². The van der Waals surface area contributed by atoms with Gasteiger partial charge in [-0.25, -0.2) is 9.37 Å². The summed E-state index contributed by atoms with van der Waals surface area (Å²) in [5, 5.41) is 0. The minimum atomic E-state index is -0.392. The highest BCUT2D eigenvalue weighted by Gasteiger charge is 2.67. The van der Waals surface area contributed by atoms with Crippen LogP contribution >= 0.6 is 0 Å². The van der Waals surface area contributed by atoms with Crippen molar-refractivity contribution in [2.24, 2.45) is 5.92 Å². The Morgan fingerprint density at radius 3 is 2.66 bits per heavy atom. The molecule has 164 valence electrons. The van der Waals surface area contributed by atoms with E-state index < -0.39 is 5.82 Å². The molecular weight excluding hydrogens is 403 g/mol. The quantitative estimate of drug-likeness (QED) is 0.507. The first-order chi connectivity index (χ1) is 15.5. The van der Waals surface area contributed by atoms with Crippen LogP contribution in [0.4, 0.5) is 4.39 Å². The lowest BCUT2D eigenvalue weighted by molar-refractivity contribution is -0.190. The molecule has 3 atom stereocenters. The number of carbonyl (C=O) groups excluding carboxylic acids is 1. The second kappa shape index (κ2) is 8.05. The van der Waals surface area contributed by atoms with Crippen LogP contribution in [-0.2, 0) is 0 Å². The summed E-state index contributed by atoms with van der Waals surface area (Å²) in [6.07, 6.45) is 4.08. The highest BCUT2D eigenvalue weighted by atomic mass is 19.1. The lowest BCUT2D eigenvalue weighted by Crippen LogP contribution is -2.81. The zero-order valence-electron chi connectivity index (χ0n) is 18.4. The van der Waals surface area contributed by atoms with Crippen LogP contribution in [-0.4, -0.2) is 34.0 Å². The van der Waals surface area contributed by atoms with Crippen molar-refractivity contribution in [2.45, 2.75) is 44.7 Å². The molecular formula is C27H27FN2O2. The third-order valence-corrected chi connectivity index (χ3v) is 7.15. The number of carbonyl (C=O) groups is 1. The van der Waals surface area contributed by atoms with E-state index in [9.17, 15) is 9.18 Å². The second-order valence-electron chi connectivity index (χ2n) is 8.92. The van der Waals surface area contributed by atoms with E-state index in [1.165, 1.54) is 12.1 Å². The van der Waals surface area contributed by atoms with Crippen molar-refractivity contribution in [1.82, 2.24) is 9.88 Å².